The lowest BCUT2D eigenvalue weighted by Crippen LogP contribution is -2.49. The van der Waals surface area contributed by atoms with Gasteiger partial charge in [0, 0.05) is 52.4 Å². The van der Waals surface area contributed by atoms with Gasteiger partial charge in [0.15, 0.2) is 5.13 Å². The molecule has 0 spiro atoms. The molecule has 3 aromatic rings. The molecule has 14 heteroatoms. The summed E-state index contributed by atoms with van der Waals surface area (Å²) >= 11 is 7.48. The third-order valence-corrected chi connectivity index (χ3v) is 8.42. The Bertz CT molecular complexity index is 1380. The molecular formula is C31H42ClN7O5S. The first-order valence-electron chi connectivity index (χ1n) is 15.2. The van der Waals surface area contributed by atoms with Crippen molar-refractivity contribution in [1.29, 1.82) is 0 Å². The van der Waals surface area contributed by atoms with Gasteiger partial charge >= 0.3 is 0 Å². The summed E-state index contributed by atoms with van der Waals surface area (Å²) < 4.78 is 15.9. The van der Waals surface area contributed by atoms with E-state index in [4.69, 9.17) is 25.8 Å². The molecule has 0 radical (unpaired) electrons. The highest BCUT2D eigenvalue weighted by Gasteiger charge is 2.22. The number of ether oxygens (including phenoxy) is 3. The minimum absolute atomic E-state index is 0.191. The van der Waals surface area contributed by atoms with Gasteiger partial charge in [-0.05, 0) is 38.3 Å². The number of hydrogen-bond donors (Lipinski definition) is 2. The first-order chi connectivity index (χ1) is 21.8. The average Bonchev–Trinajstić information content (AvgIpc) is 3.50. The number of carbonyl (C=O) groups excluding carboxylic acids is 2. The van der Waals surface area contributed by atoms with Gasteiger partial charge < -0.3 is 34.6 Å². The molecule has 0 atom stereocenters. The maximum atomic E-state index is 12.8. The quantitative estimate of drug-likeness (QED) is 0.189. The van der Waals surface area contributed by atoms with Crippen LogP contribution in [0.25, 0.3) is 0 Å². The van der Waals surface area contributed by atoms with Crippen LogP contribution < -0.4 is 15.5 Å². The Labute approximate surface area is 273 Å². The number of carbonyl (C=O) groups is 2. The molecule has 0 bridgehead atoms. The van der Waals surface area contributed by atoms with Crippen LogP contribution in [0.15, 0.2) is 30.5 Å². The number of benzene rings is 1. The Morgan fingerprint density at radius 3 is 2.49 bits per heavy atom. The standard InChI is InChI=1S/C31H42ClN7O5S/c1-22-8-7-9-24(32)29(22)37-30(41)25-21-33-31(45-25)36-26-20-27(35-23(2)34-26)38-11-13-39(14-12-38)28(40)10-5-4-6-15-43-18-19-44-17-16-42-3/h7-9,20-21H,4-6,10-19H2,1-3H3,(H,37,41)(H,33,34,35,36). The van der Waals surface area contributed by atoms with Crippen molar-refractivity contribution < 1.29 is 23.8 Å². The third-order valence-electron chi connectivity index (χ3n) is 7.19. The van der Waals surface area contributed by atoms with E-state index in [1.54, 1.807) is 13.2 Å². The van der Waals surface area contributed by atoms with Gasteiger partial charge in [0.05, 0.1) is 43.3 Å². The Hall–Kier alpha value is -3.36. The number of rotatable bonds is 17. The molecule has 0 aliphatic carbocycles. The highest BCUT2D eigenvalue weighted by Crippen LogP contribution is 2.28. The number of nitrogens with one attached hydrogen (secondary N) is 2. The molecule has 244 valence electrons. The van der Waals surface area contributed by atoms with Crippen molar-refractivity contribution in [1.82, 2.24) is 19.9 Å². The molecule has 45 heavy (non-hydrogen) atoms. The summed E-state index contributed by atoms with van der Waals surface area (Å²) in [6.07, 6.45) is 4.81. The second kappa shape index (κ2) is 18.0. The molecule has 2 N–H and O–H groups in total. The van der Waals surface area contributed by atoms with Crippen molar-refractivity contribution in [2.24, 2.45) is 0 Å². The number of aryl methyl sites for hydroxylation is 2. The molecule has 3 heterocycles. The molecule has 2 amide bonds. The van der Waals surface area contributed by atoms with Crippen LogP contribution >= 0.6 is 22.9 Å². The van der Waals surface area contributed by atoms with Gasteiger partial charge in [-0.15, -0.1) is 0 Å². The fourth-order valence-corrected chi connectivity index (χ4v) is 5.74. The number of methoxy groups -OCH3 is 1. The molecule has 1 saturated heterocycles. The monoisotopic (exact) mass is 659 g/mol. The van der Waals surface area contributed by atoms with E-state index in [0.29, 0.717) is 98.0 Å². The number of para-hydroxylation sites is 1. The second-order valence-electron chi connectivity index (χ2n) is 10.6. The minimum Gasteiger partial charge on any atom is -0.382 e. The summed E-state index contributed by atoms with van der Waals surface area (Å²) in [6, 6.07) is 7.33. The fourth-order valence-electron chi connectivity index (χ4n) is 4.75. The first-order valence-corrected chi connectivity index (χ1v) is 16.4. The van der Waals surface area contributed by atoms with E-state index in [1.165, 1.54) is 17.5 Å². The van der Waals surface area contributed by atoms with Gasteiger partial charge in [0.1, 0.15) is 22.3 Å². The van der Waals surface area contributed by atoms with E-state index >= 15 is 0 Å². The third kappa shape index (κ3) is 10.9. The van der Waals surface area contributed by atoms with Crippen molar-refractivity contribution in [2.45, 2.75) is 39.5 Å². The summed E-state index contributed by atoms with van der Waals surface area (Å²) in [5.74, 6) is 1.89. The van der Waals surface area contributed by atoms with Crippen molar-refractivity contribution >= 4 is 57.2 Å². The predicted octanol–water partition coefficient (Wildman–Crippen LogP) is 5.09. The zero-order valence-electron chi connectivity index (χ0n) is 26.1. The number of piperazine rings is 1. The van der Waals surface area contributed by atoms with Crippen molar-refractivity contribution in [3.8, 4) is 0 Å². The van der Waals surface area contributed by atoms with Crippen LogP contribution in [0.5, 0.6) is 0 Å². The lowest BCUT2D eigenvalue weighted by Gasteiger charge is -2.35. The largest absolute Gasteiger partial charge is 0.382 e. The molecule has 1 aliphatic rings. The van der Waals surface area contributed by atoms with Crippen LogP contribution in [0.1, 0.15) is 46.7 Å². The van der Waals surface area contributed by atoms with Crippen molar-refractivity contribution in [3.63, 3.8) is 0 Å². The number of aromatic nitrogens is 3. The number of nitrogens with zero attached hydrogens (tertiary/aromatic N) is 5. The molecule has 0 saturated carbocycles. The maximum Gasteiger partial charge on any atom is 0.267 e. The van der Waals surface area contributed by atoms with Crippen LogP contribution in [-0.4, -0.2) is 98.0 Å². The van der Waals surface area contributed by atoms with Crippen LogP contribution in [0.3, 0.4) is 0 Å². The Morgan fingerprint density at radius 2 is 1.73 bits per heavy atom. The summed E-state index contributed by atoms with van der Waals surface area (Å²) in [5.41, 5.74) is 1.46. The molecule has 12 nitrogen and oxygen atoms in total. The van der Waals surface area contributed by atoms with Gasteiger partial charge in [0.25, 0.3) is 5.91 Å². The molecule has 4 rings (SSSR count). The van der Waals surface area contributed by atoms with Gasteiger partial charge in [-0.25, -0.2) is 15.0 Å². The van der Waals surface area contributed by atoms with E-state index in [-0.39, 0.29) is 11.8 Å². The van der Waals surface area contributed by atoms with Crippen LogP contribution in [0.2, 0.25) is 5.02 Å². The van der Waals surface area contributed by atoms with Crippen LogP contribution in [0.4, 0.5) is 22.5 Å². The van der Waals surface area contributed by atoms with Gasteiger partial charge in [-0.3, -0.25) is 9.59 Å². The molecule has 1 fully saturated rings. The zero-order chi connectivity index (χ0) is 32.0. The minimum atomic E-state index is -0.284. The van der Waals surface area contributed by atoms with Crippen molar-refractivity contribution in [2.75, 3.05) is 81.9 Å². The summed E-state index contributed by atoms with van der Waals surface area (Å²) in [7, 11) is 1.65. The zero-order valence-corrected chi connectivity index (χ0v) is 27.7. The van der Waals surface area contributed by atoms with E-state index < -0.39 is 0 Å². The second-order valence-corrected chi connectivity index (χ2v) is 12.0. The lowest BCUT2D eigenvalue weighted by molar-refractivity contribution is -0.131. The van der Waals surface area contributed by atoms with Gasteiger partial charge in [0.2, 0.25) is 5.91 Å². The van der Waals surface area contributed by atoms with Crippen molar-refractivity contribution in [3.05, 3.63) is 51.7 Å². The molecule has 2 aromatic heterocycles. The topological polar surface area (TPSA) is 131 Å². The fraction of sp³-hybridized carbons (Fsp3) is 0.516. The number of amides is 2. The number of thiazole rings is 1. The smallest absolute Gasteiger partial charge is 0.267 e. The SMILES string of the molecule is COCCOCCOCCCCCC(=O)N1CCN(c2cc(Nc3ncc(C(=O)Nc4c(C)cccc4Cl)s3)nc(C)n2)CC1. The Morgan fingerprint density at radius 1 is 0.978 bits per heavy atom. The predicted molar refractivity (Wildman–Crippen MR) is 177 cm³/mol. The van der Waals surface area contributed by atoms with Gasteiger partial charge in [-0.1, -0.05) is 41.5 Å². The summed E-state index contributed by atoms with van der Waals surface area (Å²) in [5, 5.41) is 7.10. The van der Waals surface area contributed by atoms with E-state index in [1.807, 2.05) is 36.9 Å². The number of halogens is 1. The number of anilines is 4. The maximum absolute atomic E-state index is 12.8. The Kier molecular flexibility index (Phi) is 13.8. The average molecular weight is 660 g/mol. The number of unbranched alkanes of at least 4 members (excludes halogenated alkanes) is 2. The highest BCUT2D eigenvalue weighted by atomic mass is 35.5. The van der Waals surface area contributed by atoms with Gasteiger partial charge in [-0.2, -0.15) is 0 Å². The van der Waals surface area contributed by atoms with E-state index in [2.05, 4.69) is 30.5 Å². The summed E-state index contributed by atoms with van der Waals surface area (Å²) in [6.45, 7) is 9.38. The van der Waals surface area contributed by atoms with Crippen LogP contribution in [-0.2, 0) is 19.0 Å². The molecular weight excluding hydrogens is 618 g/mol. The summed E-state index contributed by atoms with van der Waals surface area (Å²) in [4.78, 5) is 43.6. The normalized spacial score (nSPS) is 13.2. The molecule has 0 unspecified atom stereocenters. The first kappa shape index (κ1) is 34.5. The number of hydrogen-bond acceptors (Lipinski definition) is 11. The molecule has 1 aliphatic heterocycles. The van der Waals surface area contributed by atoms with E-state index in [0.717, 1.165) is 30.6 Å². The molecule has 1 aromatic carbocycles. The lowest BCUT2D eigenvalue weighted by atomic mass is 10.1. The van der Waals surface area contributed by atoms with E-state index in [9.17, 15) is 9.59 Å². The Balaban J connectivity index is 1.19. The highest BCUT2D eigenvalue weighted by molar-refractivity contribution is 7.17. The van der Waals surface area contributed by atoms with Crippen LogP contribution in [0, 0.1) is 13.8 Å².